The number of nitrogens with two attached hydrogens (primary N) is 1. The second-order valence-electron chi connectivity index (χ2n) is 3.18. The lowest BCUT2D eigenvalue weighted by atomic mass is 10.4. The zero-order chi connectivity index (χ0) is 12.8. The molecule has 0 saturated heterocycles. The van der Waals surface area contributed by atoms with Crippen molar-refractivity contribution in [2.45, 2.75) is 26.5 Å². The van der Waals surface area contributed by atoms with Crippen molar-refractivity contribution in [2.24, 2.45) is 0 Å². The number of carbonyl (C=O) groups is 2. The molecule has 0 aliphatic carbocycles. The summed E-state index contributed by atoms with van der Waals surface area (Å²) in [6.07, 6.45) is 0.356. The predicted octanol–water partition coefficient (Wildman–Crippen LogP) is -0.645. The van der Waals surface area contributed by atoms with Crippen LogP contribution in [0.5, 0.6) is 0 Å². The molecule has 1 aromatic heterocycles. The Labute approximate surface area is 97.7 Å². The van der Waals surface area contributed by atoms with Crippen LogP contribution in [0.1, 0.15) is 13.8 Å². The van der Waals surface area contributed by atoms with Gasteiger partial charge in [-0.05, 0) is 13.8 Å². The molecule has 8 nitrogen and oxygen atoms in total. The summed E-state index contributed by atoms with van der Waals surface area (Å²) in [5.41, 5.74) is 5.27. The molecule has 1 heterocycles. The summed E-state index contributed by atoms with van der Waals surface area (Å²) < 4.78 is 10.7. The first-order valence-corrected chi connectivity index (χ1v) is 5.04. The summed E-state index contributed by atoms with van der Waals surface area (Å²) in [6, 6.07) is 0. The van der Waals surface area contributed by atoms with Crippen LogP contribution in [-0.2, 0) is 25.6 Å². The minimum Gasteiger partial charge on any atom is -0.463 e. The van der Waals surface area contributed by atoms with E-state index in [0.717, 1.165) is 0 Å². The van der Waals surface area contributed by atoms with Gasteiger partial charge in [0.25, 0.3) is 0 Å². The van der Waals surface area contributed by atoms with Crippen molar-refractivity contribution in [1.29, 1.82) is 0 Å². The van der Waals surface area contributed by atoms with Crippen LogP contribution in [0.2, 0.25) is 0 Å². The van der Waals surface area contributed by atoms with Crippen molar-refractivity contribution < 1.29 is 19.1 Å². The third kappa shape index (κ3) is 4.09. The smallest absolute Gasteiger partial charge is 0.347 e. The Kier molecular flexibility index (Phi) is 4.44. The number of nitrogens with zero attached hydrogens (tertiary/aromatic N) is 3. The maximum absolute atomic E-state index is 11.4. The van der Waals surface area contributed by atoms with Gasteiger partial charge in [-0.25, -0.2) is 14.5 Å². The normalized spacial score (nSPS) is 11.9. The van der Waals surface area contributed by atoms with Crippen LogP contribution in [0.15, 0.2) is 6.33 Å². The molecule has 1 aromatic rings. The third-order valence-corrected chi connectivity index (χ3v) is 1.77. The number of esters is 2. The Hall–Kier alpha value is -2.12. The Bertz CT molecular complexity index is 403. The maximum Gasteiger partial charge on any atom is 0.347 e. The average molecular weight is 242 g/mol. The van der Waals surface area contributed by atoms with E-state index in [1.165, 1.54) is 17.9 Å². The topological polar surface area (TPSA) is 109 Å². The van der Waals surface area contributed by atoms with Gasteiger partial charge in [-0.15, -0.1) is 5.10 Å². The molecule has 0 radical (unpaired) electrons. The van der Waals surface area contributed by atoms with E-state index in [-0.39, 0.29) is 19.1 Å². The minimum atomic E-state index is -0.941. The molecule has 1 atom stereocenters. The van der Waals surface area contributed by atoms with Crippen LogP contribution < -0.4 is 5.73 Å². The molecule has 2 N–H and O–H groups in total. The molecule has 0 amide bonds. The molecule has 17 heavy (non-hydrogen) atoms. The first-order chi connectivity index (χ1) is 8.02. The van der Waals surface area contributed by atoms with E-state index in [1.807, 2.05) is 0 Å². The molecule has 1 rings (SSSR count). The number of nitrogen functional groups attached to an aromatic ring is 1. The quantitative estimate of drug-likeness (QED) is 0.683. The molecule has 0 bridgehead atoms. The van der Waals surface area contributed by atoms with Crippen molar-refractivity contribution in [3.05, 3.63) is 6.33 Å². The lowest BCUT2D eigenvalue weighted by molar-refractivity contribution is -0.166. The SMILES string of the molecule is CCOC(=O)C(C)OC(=O)Cn1cnc(N)n1. The van der Waals surface area contributed by atoms with Gasteiger partial charge in [0, 0.05) is 0 Å². The van der Waals surface area contributed by atoms with Gasteiger partial charge in [0.05, 0.1) is 6.61 Å². The van der Waals surface area contributed by atoms with Gasteiger partial charge in [-0.1, -0.05) is 0 Å². The zero-order valence-electron chi connectivity index (χ0n) is 9.62. The number of aromatic nitrogens is 3. The van der Waals surface area contributed by atoms with Crippen molar-refractivity contribution in [3.8, 4) is 0 Å². The van der Waals surface area contributed by atoms with Gasteiger partial charge in [-0.2, -0.15) is 0 Å². The molecular weight excluding hydrogens is 228 g/mol. The van der Waals surface area contributed by atoms with Gasteiger partial charge >= 0.3 is 11.9 Å². The van der Waals surface area contributed by atoms with E-state index in [9.17, 15) is 9.59 Å². The molecule has 0 fully saturated rings. The van der Waals surface area contributed by atoms with Gasteiger partial charge in [0.1, 0.15) is 12.9 Å². The minimum absolute atomic E-state index is 0.0660. The van der Waals surface area contributed by atoms with Gasteiger partial charge in [0.15, 0.2) is 6.10 Å². The first kappa shape index (κ1) is 12.9. The molecule has 8 heteroatoms. The van der Waals surface area contributed by atoms with E-state index < -0.39 is 18.0 Å². The highest BCUT2D eigenvalue weighted by Gasteiger charge is 2.19. The zero-order valence-corrected chi connectivity index (χ0v) is 9.62. The molecule has 0 aliphatic rings. The van der Waals surface area contributed by atoms with Crippen LogP contribution in [0.3, 0.4) is 0 Å². The molecular formula is C9H14N4O4. The van der Waals surface area contributed by atoms with Crippen molar-refractivity contribution in [3.63, 3.8) is 0 Å². The maximum atomic E-state index is 11.4. The largest absolute Gasteiger partial charge is 0.463 e. The fraction of sp³-hybridized carbons (Fsp3) is 0.556. The van der Waals surface area contributed by atoms with Crippen LogP contribution in [0.25, 0.3) is 0 Å². The van der Waals surface area contributed by atoms with E-state index in [4.69, 9.17) is 10.5 Å². The summed E-state index contributed by atoms with van der Waals surface area (Å²) in [7, 11) is 0. The monoisotopic (exact) mass is 242 g/mol. The Morgan fingerprint density at radius 2 is 2.29 bits per heavy atom. The molecule has 1 unspecified atom stereocenters. The third-order valence-electron chi connectivity index (χ3n) is 1.77. The number of carbonyl (C=O) groups excluding carboxylic acids is 2. The van der Waals surface area contributed by atoms with E-state index >= 15 is 0 Å². The van der Waals surface area contributed by atoms with Crippen LogP contribution in [0.4, 0.5) is 5.95 Å². The second kappa shape index (κ2) is 5.83. The standard InChI is InChI=1S/C9H14N4O4/c1-3-16-8(15)6(2)17-7(14)4-13-5-11-9(10)12-13/h5-6H,3-4H2,1-2H3,(H2,10,12). The molecule has 0 aliphatic heterocycles. The highest BCUT2D eigenvalue weighted by atomic mass is 16.6. The van der Waals surface area contributed by atoms with Gasteiger partial charge in [0.2, 0.25) is 5.95 Å². The van der Waals surface area contributed by atoms with Gasteiger partial charge in [-0.3, -0.25) is 4.79 Å². The predicted molar refractivity (Wildman–Crippen MR) is 56.6 cm³/mol. The average Bonchev–Trinajstić information content (AvgIpc) is 2.64. The Morgan fingerprint density at radius 3 is 2.82 bits per heavy atom. The summed E-state index contributed by atoms with van der Waals surface area (Å²) in [4.78, 5) is 26.2. The number of hydrogen-bond acceptors (Lipinski definition) is 7. The molecule has 0 saturated carbocycles. The van der Waals surface area contributed by atoms with E-state index in [1.54, 1.807) is 6.92 Å². The molecule has 0 aromatic carbocycles. The first-order valence-electron chi connectivity index (χ1n) is 5.04. The highest BCUT2D eigenvalue weighted by Crippen LogP contribution is 1.98. The van der Waals surface area contributed by atoms with Crippen molar-refractivity contribution >= 4 is 17.9 Å². The number of ether oxygens (including phenoxy) is 2. The lowest BCUT2D eigenvalue weighted by Crippen LogP contribution is -2.28. The van der Waals surface area contributed by atoms with Crippen molar-refractivity contribution in [1.82, 2.24) is 14.8 Å². The molecule has 0 spiro atoms. The van der Waals surface area contributed by atoms with Crippen LogP contribution in [-0.4, -0.2) is 39.4 Å². The lowest BCUT2D eigenvalue weighted by Gasteiger charge is -2.11. The summed E-state index contributed by atoms with van der Waals surface area (Å²) in [6.45, 7) is 3.19. The summed E-state index contributed by atoms with van der Waals surface area (Å²) >= 11 is 0. The molecule has 94 valence electrons. The number of hydrogen-bond donors (Lipinski definition) is 1. The van der Waals surface area contributed by atoms with Gasteiger partial charge < -0.3 is 15.2 Å². The van der Waals surface area contributed by atoms with Crippen LogP contribution >= 0.6 is 0 Å². The fourth-order valence-electron chi connectivity index (χ4n) is 1.06. The number of anilines is 1. The fourth-order valence-corrected chi connectivity index (χ4v) is 1.06. The van der Waals surface area contributed by atoms with Crippen LogP contribution in [0, 0.1) is 0 Å². The Morgan fingerprint density at radius 1 is 1.59 bits per heavy atom. The van der Waals surface area contributed by atoms with Crippen molar-refractivity contribution in [2.75, 3.05) is 12.3 Å². The highest BCUT2D eigenvalue weighted by molar-refractivity contribution is 5.78. The summed E-state index contributed by atoms with van der Waals surface area (Å²) in [5, 5.41) is 3.71. The second-order valence-corrected chi connectivity index (χ2v) is 3.18. The number of rotatable bonds is 5. The Balaban J connectivity index is 2.41. The van der Waals surface area contributed by atoms with E-state index in [0.29, 0.717) is 0 Å². The van der Waals surface area contributed by atoms with E-state index in [2.05, 4.69) is 14.8 Å². The summed E-state index contributed by atoms with van der Waals surface area (Å²) in [5.74, 6) is -1.13.